The van der Waals surface area contributed by atoms with Gasteiger partial charge in [0.05, 0.1) is 5.75 Å². The van der Waals surface area contributed by atoms with Crippen molar-refractivity contribution in [3.8, 4) is 12.3 Å². The van der Waals surface area contributed by atoms with E-state index in [1.165, 1.54) is 0 Å². The third-order valence-electron chi connectivity index (χ3n) is 3.73. The predicted octanol–water partition coefficient (Wildman–Crippen LogP) is 2.25. The Balaban J connectivity index is 2.32. The van der Waals surface area contributed by atoms with Gasteiger partial charge in [-0.25, -0.2) is 4.21 Å². The number of rotatable bonds is 5. The van der Waals surface area contributed by atoms with Crippen molar-refractivity contribution in [1.29, 1.82) is 0 Å². The number of carbonyl (C=O) groups excluding carboxylic acids is 1. The molecule has 102 valence electrons. The van der Waals surface area contributed by atoms with Gasteiger partial charge < -0.3 is 0 Å². The molecule has 1 aliphatic rings. The number of nitrogens with one attached hydrogen (secondary N) is 1. The average molecular weight is 269 g/mol. The second kappa shape index (κ2) is 7.58. The van der Waals surface area contributed by atoms with Crippen LogP contribution in [0.1, 0.15) is 46.0 Å². The summed E-state index contributed by atoms with van der Waals surface area (Å²) in [4.78, 5) is 11.9. The molecule has 3 nitrogen and oxygen atoms in total. The molecule has 4 heteroatoms. The summed E-state index contributed by atoms with van der Waals surface area (Å²) in [6, 6.07) is 0. The van der Waals surface area contributed by atoms with Gasteiger partial charge in [-0.05, 0) is 37.5 Å². The van der Waals surface area contributed by atoms with Crippen LogP contribution in [0.4, 0.5) is 0 Å². The molecule has 1 fully saturated rings. The highest BCUT2D eigenvalue weighted by Gasteiger charge is 2.28. The largest absolute Gasteiger partial charge is 0.275 e. The number of terminal acetylenes is 1. The van der Waals surface area contributed by atoms with E-state index in [4.69, 9.17) is 6.42 Å². The minimum atomic E-state index is -1.31. The highest BCUT2D eigenvalue weighted by Crippen LogP contribution is 2.33. The number of hydrogen-bond acceptors (Lipinski definition) is 2. The van der Waals surface area contributed by atoms with Crippen LogP contribution in [0.2, 0.25) is 0 Å². The van der Waals surface area contributed by atoms with Crippen LogP contribution >= 0.6 is 0 Å². The van der Waals surface area contributed by atoms with Crippen molar-refractivity contribution in [2.45, 2.75) is 46.0 Å². The van der Waals surface area contributed by atoms with Gasteiger partial charge in [0.15, 0.2) is 0 Å². The lowest BCUT2D eigenvalue weighted by Gasteiger charge is -2.29. The van der Waals surface area contributed by atoms with Crippen molar-refractivity contribution < 1.29 is 9.00 Å². The monoisotopic (exact) mass is 269 g/mol. The molecule has 1 N–H and O–H groups in total. The maximum atomic E-state index is 11.9. The molecule has 1 aliphatic carbocycles. The summed E-state index contributed by atoms with van der Waals surface area (Å²) < 4.78 is 14.1. The van der Waals surface area contributed by atoms with E-state index in [-0.39, 0.29) is 11.8 Å². The quantitative estimate of drug-likeness (QED) is 0.778. The minimum Gasteiger partial charge on any atom is -0.275 e. The Labute approximate surface area is 113 Å². The molecule has 0 heterocycles. The zero-order chi connectivity index (χ0) is 13.5. The van der Waals surface area contributed by atoms with Crippen LogP contribution in [0, 0.1) is 30.1 Å². The summed E-state index contributed by atoms with van der Waals surface area (Å²) >= 11 is 0. The Morgan fingerprint density at radius 1 is 1.39 bits per heavy atom. The smallest absolute Gasteiger partial charge is 0.234 e. The SMILES string of the molecule is C#CCCS(=O)NC(=O)C1CCC(C(C)C)CC1. The van der Waals surface area contributed by atoms with Gasteiger partial charge in [-0.1, -0.05) is 13.8 Å². The molecular weight excluding hydrogens is 246 g/mol. The van der Waals surface area contributed by atoms with Crippen LogP contribution in [0.15, 0.2) is 0 Å². The van der Waals surface area contributed by atoms with Crippen molar-refractivity contribution in [3.63, 3.8) is 0 Å². The minimum absolute atomic E-state index is 0.0368. The Kier molecular flexibility index (Phi) is 6.42. The van der Waals surface area contributed by atoms with Crippen LogP contribution in [0.5, 0.6) is 0 Å². The molecule has 1 unspecified atom stereocenters. The predicted molar refractivity (Wildman–Crippen MR) is 74.9 cm³/mol. The molecule has 0 bridgehead atoms. The van der Waals surface area contributed by atoms with Crippen LogP contribution < -0.4 is 4.72 Å². The van der Waals surface area contributed by atoms with Crippen molar-refractivity contribution in [3.05, 3.63) is 0 Å². The zero-order valence-corrected chi connectivity index (χ0v) is 12.1. The van der Waals surface area contributed by atoms with Crippen LogP contribution in [0.3, 0.4) is 0 Å². The summed E-state index contributed by atoms with van der Waals surface area (Å²) in [6.07, 6.45) is 9.58. The van der Waals surface area contributed by atoms with Gasteiger partial charge in [0, 0.05) is 12.3 Å². The van der Waals surface area contributed by atoms with Crippen LogP contribution in [-0.4, -0.2) is 15.9 Å². The first kappa shape index (κ1) is 15.2. The van der Waals surface area contributed by atoms with Crippen molar-refractivity contribution in [2.75, 3.05) is 5.75 Å². The highest BCUT2D eigenvalue weighted by atomic mass is 32.2. The molecule has 1 rings (SSSR count). The normalized spacial score (nSPS) is 25.4. The van der Waals surface area contributed by atoms with Gasteiger partial charge in [-0.2, -0.15) is 0 Å². The molecule has 1 saturated carbocycles. The fraction of sp³-hybridized carbons (Fsp3) is 0.786. The van der Waals surface area contributed by atoms with E-state index < -0.39 is 11.0 Å². The second-order valence-electron chi connectivity index (χ2n) is 5.33. The lowest BCUT2D eigenvalue weighted by molar-refractivity contribution is -0.124. The van der Waals surface area contributed by atoms with E-state index in [1.54, 1.807) is 0 Å². The fourth-order valence-electron chi connectivity index (χ4n) is 2.45. The molecule has 0 aromatic rings. The second-order valence-corrected chi connectivity index (χ2v) is 6.63. The number of hydrogen-bond donors (Lipinski definition) is 1. The van der Waals surface area contributed by atoms with E-state index in [0.29, 0.717) is 18.1 Å². The molecule has 1 atom stereocenters. The molecule has 0 aromatic heterocycles. The molecule has 0 spiro atoms. The maximum absolute atomic E-state index is 11.9. The molecule has 18 heavy (non-hydrogen) atoms. The number of amides is 1. The topological polar surface area (TPSA) is 46.2 Å². The molecule has 0 saturated heterocycles. The third kappa shape index (κ3) is 4.81. The summed E-state index contributed by atoms with van der Waals surface area (Å²) in [5.41, 5.74) is 0. The summed E-state index contributed by atoms with van der Waals surface area (Å²) in [5.74, 6) is 4.18. The van der Waals surface area contributed by atoms with Gasteiger partial charge in [-0.15, -0.1) is 12.3 Å². The van der Waals surface area contributed by atoms with Gasteiger partial charge in [0.25, 0.3) is 0 Å². The van der Waals surface area contributed by atoms with E-state index >= 15 is 0 Å². The lowest BCUT2D eigenvalue weighted by atomic mass is 9.77. The Morgan fingerprint density at radius 2 is 2.00 bits per heavy atom. The van der Waals surface area contributed by atoms with E-state index in [0.717, 1.165) is 31.6 Å². The van der Waals surface area contributed by atoms with Crippen LogP contribution in [0.25, 0.3) is 0 Å². The van der Waals surface area contributed by atoms with Crippen molar-refractivity contribution in [2.24, 2.45) is 17.8 Å². The van der Waals surface area contributed by atoms with Gasteiger partial charge >= 0.3 is 0 Å². The molecule has 0 radical (unpaired) electrons. The van der Waals surface area contributed by atoms with E-state index in [9.17, 15) is 9.00 Å². The highest BCUT2D eigenvalue weighted by molar-refractivity contribution is 7.83. The maximum Gasteiger partial charge on any atom is 0.234 e. The van der Waals surface area contributed by atoms with Crippen LogP contribution in [-0.2, 0) is 15.8 Å². The van der Waals surface area contributed by atoms with Gasteiger partial charge in [-0.3, -0.25) is 9.52 Å². The molecule has 0 aliphatic heterocycles. The van der Waals surface area contributed by atoms with E-state index in [1.807, 2.05) is 0 Å². The Hall–Kier alpha value is -0.820. The molecule has 0 aromatic carbocycles. The first-order valence-electron chi connectivity index (χ1n) is 6.67. The lowest BCUT2D eigenvalue weighted by Crippen LogP contribution is -2.35. The van der Waals surface area contributed by atoms with Crippen molar-refractivity contribution in [1.82, 2.24) is 4.72 Å². The zero-order valence-electron chi connectivity index (χ0n) is 11.3. The van der Waals surface area contributed by atoms with Crippen molar-refractivity contribution >= 4 is 16.9 Å². The summed E-state index contributed by atoms with van der Waals surface area (Å²) in [5, 5.41) is 0. The molecule has 1 amide bonds. The van der Waals surface area contributed by atoms with E-state index in [2.05, 4.69) is 24.5 Å². The Bertz CT molecular complexity index is 338. The third-order valence-corrected chi connectivity index (χ3v) is 4.74. The summed E-state index contributed by atoms with van der Waals surface area (Å²) in [6.45, 7) is 4.47. The first-order valence-corrected chi connectivity index (χ1v) is 7.98. The standard InChI is InChI=1S/C14H23NO2S/c1-4-5-10-18(17)15-14(16)13-8-6-12(7-9-13)11(2)3/h1,11-13H,5-10H2,2-3H3,(H,15,16). The first-order chi connectivity index (χ1) is 8.54. The fourth-order valence-corrected chi connectivity index (χ4v) is 3.24. The van der Waals surface area contributed by atoms with Gasteiger partial charge in [0.1, 0.15) is 11.0 Å². The Morgan fingerprint density at radius 3 is 2.50 bits per heavy atom. The molecular formula is C14H23NO2S. The number of carbonyl (C=O) groups is 1. The summed E-state index contributed by atoms with van der Waals surface area (Å²) in [7, 11) is -1.31. The van der Waals surface area contributed by atoms with Gasteiger partial charge in [0.2, 0.25) is 5.91 Å². The average Bonchev–Trinajstić information content (AvgIpc) is 2.36.